The van der Waals surface area contributed by atoms with Gasteiger partial charge >= 0.3 is 0 Å². The van der Waals surface area contributed by atoms with Crippen molar-refractivity contribution >= 4 is 11.3 Å². The molecule has 0 aliphatic heterocycles. The van der Waals surface area contributed by atoms with Crippen LogP contribution in [-0.4, -0.2) is 30.5 Å². The molecule has 1 heterocycles. The van der Waals surface area contributed by atoms with Crippen molar-refractivity contribution in [1.29, 1.82) is 0 Å². The molecule has 0 spiro atoms. The minimum absolute atomic E-state index is 0.0471. The van der Waals surface area contributed by atoms with Gasteiger partial charge in [0.1, 0.15) is 10.8 Å². The minimum Gasteiger partial charge on any atom is -0.330 e. The fourth-order valence-corrected chi connectivity index (χ4v) is 3.28. The maximum absolute atomic E-state index is 13.4. The van der Waals surface area contributed by atoms with Gasteiger partial charge < -0.3 is 5.73 Å². The number of aryl methyl sites for hydroxylation is 1. The zero-order chi connectivity index (χ0) is 14.7. The molecule has 3 nitrogen and oxygen atoms in total. The Morgan fingerprint density at radius 1 is 1.40 bits per heavy atom. The van der Waals surface area contributed by atoms with Crippen LogP contribution >= 0.6 is 11.3 Å². The van der Waals surface area contributed by atoms with Crippen LogP contribution in [0.5, 0.6) is 0 Å². The van der Waals surface area contributed by atoms with Crippen LogP contribution in [0.2, 0.25) is 0 Å². The average Bonchev–Trinajstić information content (AvgIpc) is 2.82. The van der Waals surface area contributed by atoms with Crippen molar-refractivity contribution in [2.75, 3.05) is 20.6 Å². The molecule has 0 amide bonds. The summed E-state index contributed by atoms with van der Waals surface area (Å²) >= 11 is 1.63. The summed E-state index contributed by atoms with van der Waals surface area (Å²) < 4.78 is 13.4. The van der Waals surface area contributed by atoms with Gasteiger partial charge in [-0.05, 0) is 44.8 Å². The number of rotatable bonds is 5. The number of hydrogen-bond donors (Lipinski definition) is 1. The van der Waals surface area contributed by atoms with E-state index in [4.69, 9.17) is 5.73 Å². The molecule has 1 unspecified atom stereocenters. The third kappa shape index (κ3) is 3.23. The molecule has 0 radical (unpaired) electrons. The highest BCUT2D eigenvalue weighted by atomic mass is 32.1. The van der Waals surface area contributed by atoms with Crippen molar-refractivity contribution < 1.29 is 4.39 Å². The Kier molecular flexibility index (Phi) is 4.86. The van der Waals surface area contributed by atoms with E-state index < -0.39 is 0 Å². The second-order valence-electron chi connectivity index (χ2n) is 5.09. The monoisotopic (exact) mass is 293 g/mol. The smallest absolute Gasteiger partial charge is 0.126 e. The van der Waals surface area contributed by atoms with Crippen molar-refractivity contribution in [3.63, 3.8) is 0 Å². The van der Waals surface area contributed by atoms with Crippen molar-refractivity contribution in [3.8, 4) is 0 Å². The molecule has 0 fully saturated rings. The van der Waals surface area contributed by atoms with Gasteiger partial charge in [0.15, 0.2) is 0 Å². The standard InChI is InChI=1S/C15H20FN3S/c1-10-8-11(4-5-13(10)16)14(19(2)3)15-18-12(6-7-17)9-20-15/h4-5,8-9,14H,6-7,17H2,1-3H3. The first-order valence-corrected chi connectivity index (χ1v) is 7.47. The van der Waals surface area contributed by atoms with Gasteiger partial charge in [-0.25, -0.2) is 9.37 Å². The van der Waals surface area contributed by atoms with Crippen LogP contribution < -0.4 is 5.73 Å². The van der Waals surface area contributed by atoms with Gasteiger partial charge in [0, 0.05) is 11.8 Å². The van der Waals surface area contributed by atoms with E-state index >= 15 is 0 Å². The van der Waals surface area contributed by atoms with E-state index in [1.54, 1.807) is 18.3 Å². The highest BCUT2D eigenvalue weighted by molar-refractivity contribution is 7.09. The molecule has 2 rings (SSSR count). The summed E-state index contributed by atoms with van der Waals surface area (Å²) in [6.07, 6.45) is 0.791. The van der Waals surface area contributed by atoms with Crippen LogP contribution in [0.25, 0.3) is 0 Å². The van der Waals surface area contributed by atoms with E-state index in [1.807, 2.05) is 26.2 Å². The van der Waals surface area contributed by atoms with Crippen molar-refractivity contribution in [2.45, 2.75) is 19.4 Å². The Bertz CT molecular complexity index is 580. The molecule has 1 aromatic carbocycles. The van der Waals surface area contributed by atoms with Crippen molar-refractivity contribution in [2.24, 2.45) is 5.73 Å². The average molecular weight is 293 g/mol. The molecular weight excluding hydrogens is 273 g/mol. The first-order valence-electron chi connectivity index (χ1n) is 6.59. The van der Waals surface area contributed by atoms with Gasteiger partial charge in [-0.3, -0.25) is 4.90 Å². The largest absolute Gasteiger partial charge is 0.330 e. The Balaban J connectivity index is 2.36. The van der Waals surface area contributed by atoms with Gasteiger partial charge in [-0.2, -0.15) is 0 Å². The third-order valence-electron chi connectivity index (χ3n) is 3.22. The highest BCUT2D eigenvalue weighted by Gasteiger charge is 2.20. The molecular formula is C15H20FN3S. The van der Waals surface area contributed by atoms with E-state index in [0.29, 0.717) is 12.1 Å². The van der Waals surface area contributed by atoms with Gasteiger partial charge in [0.2, 0.25) is 0 Å². The molecule has 1 aromatic heterocycles. The molecule has 20 heavy (non-hydrogen) atoms. The van der Waals surface area contributed by atoms with E-state index in [2.05, 4.69) is 15.3 Å². The lowest BCUT2D eigenvalue weighted by Gasteiger charge is -2.23. The number of aromatic nitrogens is 1. The first-order chi connectivity index (χ1) is 9.52. The number of hydrogen-bond acceptors (Lipinski definition) is 4. The molecule has 0 saturated heterocycles. The highest BCUT2D eigenvalue weighted by Crippen LogP contribution is 2.30. The zero-order valence-electron chi connectivity index (χ0n) is 12.1. The third-order valence-corrected chi connectivity index (χ3v) is 4.16. The molecule has 108 valence electrons. The summed E-state index contributed by atoms with van der Waals surface area (Å²) in [4.78, 5) is 6.75. The molecule has 0 aliphatic rings. The Labute approximate surface area is 123 Å². The second kappa shape index (κ2) is 6.43. The maximum Gasteiger partial charge on any atom is 0.126 e. The molecule has 5 heteroatoms. The van der Waals surface area contributed by atoms with Crippen LogP contribution in [0.15, 0.2) is 23.6 Å². The molecule has 0 aliphatic carbocycles. The summed E-state index contributed by atoms with van der Waals surface area (Å²) in [7, 11) is 4.01. The van der Waals surface area contributed by atoms with Crippen LogP contribution in [-0.2, 0) is 6.42 Å². The van der Waals surface area contributed by atoms with E-state index in [0.717, 1.165) is 22.7 Å². The fourth-order valence-electron chi connectivity index (χ4n) is 2.21. The zero-order valence-corrected chi connectivity index (χ0v) is 12.9. The Morgan fingerprint density at radius 2 is 2.15 bits per heavy atom. The maximum atomic E-state index is 13.4. The lowest BCUT2D eigenvalue weighted by Crippen LogP contribution is -2.21. The quantitative estimate of drug-likeness (QED) is 0.921. The van der Waals surface area contributed by atoms with Crippen LogP contribution in [0.1, 0.15) is 27.9 Å². The van der Waals surface area contributed by atoms with Crippen LogP contribution in [0.3, 0.4) is 0 Å². The van der Waals surface area contributed by atoms with Gasteiger partial charge in [-0.15, -0.1) is 11.3 Å². The predicted molar refractivity (Wildman–Crippen MR) is 81.5 cm³/mol. The Hall–Kier alpha value is -1.30. The summed E-state index contributed by atoms with van der Waals surface area (Å²) in [6.45, 7) is 2.39. The summed E-state index contributed by atoms with van der Waals surface area (Å²) in [5.41, 5.74) is 8.31. The SMILES string of the molecule is Cc1cc(C(c2nc(CCN)cs2)N(C)C)ccc1F. The second-order valence-corrected chi connectivity index (χ2v) is 5.98. The predicted octanol–water partition coefficient (Wildman–Crippen LogP) is 2.74. The van der Waals surface area contributed by atoms with Crippen molar-refractivity contribution in [1.82, 2.24) is 9.88 Å². The molecule has 2 aromatic rings. The lowest BCUT2D eigenvalue weighted by atomic mass is 10.0. The van der Waals surface area contributed by atoms with Gasteiger partial charge in [0.25, 0.3) is 0 Å². The molecule has 0 saturated carbocycles. The van der Waals surface area contributed by atoms with Crippen LogP contribution in [0, 0.1) is 12.7 Å². The first kappa shape index (κ1) is 15.1. The number of benzene rings is 1. The number of nitrogens with zero attached hydrogens (tertiary/aromatic N) is 2. The topological polar surface area (TPSA) is 42.1 Å². The van der Waals surface area contributed by atoms with Crippen LogP contribution in [0.4, 0.5) is 4.39 Å². The Morgan fingerprint density at radius 3 is 2.75 bits per heavy atom. The van der Waals surface area contributed by atoms with E-state index in [1.165, 1.54) is 6.07 Å². The van der Waals surface area contributed by atoms with E-state index in [-0.39, 0.29) is 11.9 Å². The molecule has 1 atom stereocenters. The number of halogens is 1. The molecule has 0 bridgehead atoms. The molecule has 2 N–H and O–H groups in total. The summed E-state index contributed by atoms with van der Waals surface area (Å²) in [5.74, 6) is -0.172. The normalized spacial score (nSPS) is 12.9. The van der Waals surface area contributed by atoms with Gasteiger partial charge in [0.05, 0.1) is 11.7 Å². The van der Waals surface area contributed by atoms with Crippen molar-refractivity contribution in [3.05, 3.63) is 51.2 Å². The van der Waals surface area contributed by atoms with Gasteiger partial charge in [-0.1, -0.05) is 12.1 Å². The number of nitrogens with two attached hydrogens (primary N) is 1. The summed E-state index contributed by atoms with van der Waals surface area (Å²) in [5, 5.41) is 3.07. The summed E-state index contributed by atoms with van der Waals surface area (Å²) in [6, 6.07) is 5.29. The minimum atomic E-state index is -0.172. The lowest BCUT2D eigenvalue weighted by molar-refractivity contribution is 0.340. The van der Waals surface area contributed by atoms with E-state index in [9.17, 15) is 4.39 Å². The number of thiazole rings is 1. The fraction of sp³-hybridized carbons (Fsp3) is 0.400.